The molecule has 1 rings (SSSR count). The maximum atomic E-state index is 11.8. The lowest BCUT2D eigenvalue weighted by Crippen LogP contribution is -2.42. The Labute approximate surface area is 108 Å². The van der Waals surface area contributed by atoms with Crippen LogP contribution in [0.25, 0.3) is 0 Å². The fourth-order valence-electron chi connectivity index (χ4n) is 1.91. The molecule has 0 spiro atoms. The number of amides is 1. The van der Waals surface area contributed by atoms with Gasteiger partial charge in [-0.15, -0.1) is 0 Å². The highest BCUT2D eigenvalue weighted by Crippen LogP contribution is 2.23. The van der Waals surface area contributed by atoms with Gasteiger partial charge in [-0.1, -0.05) is 0 Å². The van der Waals surface area contributed by atoms with Crippen LogP contribution in [-0.4, -0.2) is 29.7 Å². The number of allylic oxidation sites excluding steroid dienone is 2. The van der Waals surface area contributed by atoms with Crippen LogP contribution in [0.3, 0.4) is 0 Å². The van der Waals surface area contributed by atoms with Crippen molar-refractivity contribution in [2.24, 2.45) is 11.7 Å². The molecular weight excluding hydrogens is 230 g/mol. The van der Waals surface area contributed by atoms with Gasteiger partial charge in [0.15, 0.2) is 0 Å². The second-order valence-electron chi connectivity index (χ2n) is 5.52. The van der Waals surface area contributed by atoms with Gasteiger partial charge in [-0.3, -0.25) is 0 Å². The topological polar surface area (TPSA) is 79.3 Å². The third kappa shape index (κ3) is 4.28. The van der Waals surface area contributed by atoms with E-state index in [1.165, 1.54) is 6.08 Å². The first kappa shape index (κ1) is 14.4. The van der Waals surface area contributed by atoms with Crippen molar-refractivity contribution in [2.75, 3.05) is 13.1 Å². The summed E-state index contributed by atoms with van der Waals surface area (Å²) in [6.07, 6.45) is 2.67. The fourth-order valence-corrected chi connectivity index (χ4v) is 1.91. The molecule has 0 unspecified atom stereocenters. The van der Waals surface area contributed by atoms with E-state index in [1.54, 1.807) is 4.90 Å². The van der Waals surface area contributed by atoms with Crippen molar-refractivity contribution < 1.29 is 9.53 Å². The van der Waals surface area contributed by atoms with Crippen molar-refractivity contribution in [3.8, 4) is 6.07 Å². The molecule has 5 heteroatoms. The molecule has 0 aliphatic carbocycles. The zero-order valence-corrected chi connectivity index (χ0v) is 11.3. The Bertz CT molecular complexity index is 369. The average molecular weight is 251 g/mol. The number of nitrogens with zero attached hydrogens (tertiary/aromatic N) is 2. The summed E-state index contributed by atoms with van der Waals surface area (Å²) in [5.41, 5.74) is 5.93. The molecule has 0 radical (unpaired) electrons. The molecule has 0 atom stereocenters. The number of ether oxygens (including phenoxy) is 1. The Kier molecular flexibility index (Phi) is 4.60. The fraction of sp³-hybridized carbons (Fsp3) is 0.692. The summed E-state index contributed by atoms with van der Waals surface area (Å²) in [7, 11) is 0. The van der Waals surface area contributed by atoms with Gasteiger partial charge >= 0.3 is 6.09 Å². The van der Waals surface area contributed by atoms with Gasteiger partial charge < -0.3 is 15.4 Å². The Morgan fingerprint density at radius 2 is 2.00 bits per heavy atom. The number of piperidine rings is 1. The van der Waals surface area contributed by atoms with Crippen molar-refractivity contribution in [1.29, 1.82) is 5.26 Å². The molecule has 0 aromatic heterocycles. The Morgan fingerprint density at radius 3 is 2.44 bits per heavy atom. The molecule has 0 aromatic rings. The summed E-state index contributed by atoms with van der Waals surface area (Å²) in [6.45, 7) is 6.81. The van der Waals surface area contributed by atoms with Crippen LogP contribution in [0.1, 0.15) is 33.6 Å². The molecule has 1 heterocycles. The standard InChI is InChI=1S/C13H21N3O2/c1-13(2,3)18-12(17)16-8-5-10(6-9-16)11(15)4-7-14/h4,10H,5-6,8-9,15H2,1-3H3/b11-4+. The van der Waals surface area contributed by atoms with E-state index < -0.39 is 5.60 Å². The number of nitriles is 1. The van der Waals surface area contributed by atoms with Crippen molar-refractivity contribution in [3.05, 3.63) is 11.8 Å². The predicted molar refractivity (Wildman–Crippen MR) is 68.4 cm³/mol. The highest BCUT2D eigenvalue weighted by Gasteiger charge is 2.27. The zero-order chi connectivity index (χ0) is 13.8. The third-order valence-electron chi connectivity index (χ3n) is 2.85. The summed E-state index contributed by atoms with van der Waals surface area (Å²) in [6, 6.07) is 1.94. The molecule has 5 nitrogen and oxygen atoms in total. The van der Waals surface area contributed by atoms with E-state index in [-0.39, 0.29) is 12.0 Å². The Hall–Kier alpha value is -1.70. The van der Waals surface area contributed by atoms with Crippen molar-refractivity contribution in [2.45, 2.75) is 39.2 Å². The molecule has 1 fully saturated rings. The molecule has 18 heavy (non-hydrogen) atoms. The summed E-state index contributed by atoms with van der Waals surface area (Å²) >= 11 is 0. The van der Waals surface area contributed by atoms with Crippen LogP contribution >= 0.6 is 0 Å². The molecule has 1 amide bonds. The van der Waals surface area contributed by atoms with Crippen LogP contribution in [0.5, 0.6) is 0 Å². The molecule has 2 N–H and O–H groups in total. The molecule has 0 bridgehead atoms. The van der Waals surface area contributed by atoms with Crippen LogP contribution in [0.15, 0.2) is 11.8 Å². The maximum absolute atomic E-state index is 11.8. The smallest absolute Gasteiger partial charge is 0.410 e. The van der Waals surface area contributed by atoms with E-state index in [9.17, 15) is 4.79 Å². The monoisotopic (exact) mass is 251 g/mol. The summed E-state index contributed by atoms with van der Waals surface area (Å²) in [5, 5.41) is 8.54. The molecule has 1 aliphatic heterocycles. The van der Waals surface area contributed by atoms with E-state index in [4.69, 9.17) is 15.7 Å². The van der Waals surface area contributed by atoms with Gasteiger partial charge in [0.1, 0.15) is 5.60 Å². The summed E-state index contributed by atoms with van der Waals surface area (Å²) < 4.78 is 5.31. The van der Waals surface area contributed by atoms with Crippen LogP contribution in [-0.2, 0) is 4.74 Å². The average Bonchev–Trinajstić information content (AvgIpc) is 2.27. The van der Waals surface area contributed by atoms with Gasteiger partial charge in [0.2, 0.25) is 0 Å². The Balaban J connectivity index is 2.47. The molecule has 0 saturated carbocycles. The lowest BCUT2D eigenvalue weighted by atomic mass is 9.94. The van der Waals surface area contributed by atoms with Gasteiger partial charge in [0.05, 0.1) is 6.07 Å². The van der Waals surface area contributed by atoms with E-state index in [0.717, 1.165) is 12.8 Å². The first-order chi connectivity index (χ1) is 8.33. The van der Waals surface area contributed by atoms with Crippen LogP contribution in [0.4, 0.5) is 4.79 Å². The number of carbonyl (C=O) groups is 1. The van der Waals surface area contributed by atoms with E-state index >= 15 is 0 Å². The van der Waals surface area contributed by atoms with Gasteiger partial charge in [-0.25, -0.2) is 4.79 Å². The summed E-state index contributed by atoms with van der Waals surface area (Å²) in [5.74, 6) is 0.198. The quantitative estimate of drug-likeness (QED) is 0.723. The maximum Gasteiger partial charge on any atom is 0.410 e. The number of hydrogen-bond donors (Lipinski definition) is 1. The Morgan fingerprint density at radius 1 is 1.44 bits per heavy atom. The van der Waals surface area contributed by atoms with E-state index in [1.807, 2.05) is 26.8 Å². The van der Waals surface area contributed by atoms with Gasteiger partial charge in [0.25, 0.3) is 0 Å². The van der Waals surface area contributed by atoms with Gasteiger partial charge in [-0.2, -0.15) is 5.26 Å². The normalized spacial score (nSPS) is 18.3. The van der Waals surface area contributed by atoms with E-state index in [0.29, 0.717) is 18.8 Å². The van der Waals surface area contributed by atoms with Crippen molar-refractivity contribution in [3.63, 3.8) is 0 Å². The summed E-state index contributed by atoms with van der Waals surface area (Å²) in [4.78, 5) is 13.5. The first-order valence-electron chi connectivity index (χ1n) is 6.16. The lowest BCUT2D eigenvalue weighted by molar-refractivity contribution is 0.0194. The predicted octanol–water partition coefficient (Wildman–Crippen LogP) is 2.00. The van der Waals surface area contributed by atoms with Crippen molar-refractivity contribution in [1.82, 2.24) is 4.90 Å². The first-order valence-corrected chi connectivity index (χ1v) is 6.16. The zero-order valence-electron chi connectivity index (χ0n) is 11.3. The highest BCUT2D eigenvalue weighted by atomic mass is 16.6. The van der Waals surface area contributed by atoms with E-state index in [2.05, 4.69) is 0 Å². The minimum Gasteiger partial charge on any atom is -0.444 e. The molecular formula is C13H21N3O2. The second kappa shape index (κ2) is 5.76. The number of rotatable bonds is 1. The minimum absolute atomic E-state index is 0.198. The molecule has 100 valence electrons. The van der Waals surface area contributed by atoms with Crippen LogP contribution < -0.4 is 5.73 Å². The largest absolute Gasteiger partial charge is 0.444 e. The van der Waals surface area contributed by atoms with Gasteiger partial charge in [0, 0.05) is 30.8 Å². The van der Waals surface area contributed by atoms with Crippen LogP contribution in [0, 0.1) is 17.2 Å². The van der Waals surface area contributed by atoms with Gasteiger partial charge in [-0.05, 0) is 33.6 Å². The molecule has 1 aliphatic rings. The minimum atomic E-state index is -0.465. The number of likely N-dealkylation sites (tertiary alicyclic amines) is 1. The van der Waals surface area contributed by atoms with Crippen LogP contribution in [0.2, 0.25) is 0 Å². The second-order valence-corrected chi connectivity index (χ2v) is 5.52. The number of hydrogen-bond acceptors (Lipinski definition) is 4. The third-order valence-corrected chi connectivity index (χ3v) is 2.85. The number of carbonyl (C=O) groups excluding carboxylic acids is 1. The lowest BCUT2D eigenvalue weighted by Gasteiger charge is -2.33. The molecule has 1 saturated heterocycles. The van der Waals surface area contributed by atoms with Crippen molar-refractivity contribution >= 4 is 6.09 Å². The SMILES string of the molecule is CC(C)(C)OC(=O)N1CCC(/C(N)=C\C#N)CC1. The molecule has 0 aromatic carbocycles. The highest BCUT2D eigenvalue weighted by molar-refractivity contribution is 5.68. The number of nitrogens with two attached hydrogens (primary N) is 1.